The molecule has 48 heavy (non-hydrogen) atoms. The normalized spacial score (nSPS) is 19.2. The van der Waals surface area contributed by atoms with Crippen molar-refractivity contribution in [1.29, 1.82) is 0 Å². The molecule has 260 valence electrons. The van der Waals surface area contributed by atoms with Crippen LogP contribution in [0.15, 0.2) is 28.8 Å². The van der Waals surface area contributed by atoms with Gasteiger partial charge in [-0.25, -0.2) is 9.67 Å². The number of ether oxygens (including phenoxy) is 2. The van der Waals surface area contributed by atoms with Crippen LogP contribution in [0, 0.1) is 12.8 Å². The van der Waals surface area contributed by atoms with E-state index in [4.69, 9.17) is 19.0 Å². The summed E-state index contributed by atoms with van der Waals surface area (Å²) >= 11 is 0. The minimum atomic E-state index is -0.800. The van der Waals surface area contributed by atoms with E-state index in [2.05, 4.69) is 26.2 Å². The van der Waals surface area contributed by atoms with Gasteiger partial charge in [0.15, 0.2) is 23.0 Å². The highest BCUT2D eigenvalue weighted by Crippen LogP contribution is 2.28. The van der Waals surface area contributed by atoms with Crippen LogP contribution in [0.5, 0.6) is 11.5 Å². The predicted octanol–water partition coefficient (Wildman–Crippen LogP) is 2.33. The molecule has 15 nitrogen and oxygen atoms in total. The van der Waals surface area contributed by atoms with E-state index in [1.807, 2.05) is 26.0 Å². The zero-order chi connectivity index (χ0) is 34.8. The molecule has 2 aromatic heterocycles. The molecule has 1 aromatic carbocycles. The average molecular weight is 667 g/mol. The number of nitrogens with one attached hydrogen (secondary N) is 3. The Balaban J connectivity index is 1.60. The fourth-order valence-electron chi connectivity index (χ4n) is 5.47. The van der Waals surface area contributed by atoms with Crippen molar-refractivity contribution in [3.05, 3.63) is 52.9 Å². The van der Waals surface area contributed by atoms with Gasteiger partial charge in [-0.15, -0.1) is 0 Å². The Morgan fingerprint density at radius 1 is 1.06 bits per heavy atom. The molecule has 4 amide bonds. The molecule has 4 rings (SSSR count). The van der Waals surface area contributed by atoms with Gasteiger partial charge in [0.25, 0.3) is 5.91 Å². The van der Waals surface area contributed by atoms with Crippen molar-refractivity contribution in [2.75, 3.05) is 33.9 Å². The fraction of sp³-hybridized carbons (Fsp3) is 0.545. The first-order chi connectivity index (χ1) is 23.0. The van der Waals surface area contributed by atoms with Gasteiger partial charge in [0.05, 0.1) is 20.3 Å². The molecular weight excluding hydrogens is 620 g/mol. The Labute approximate surface area is 280 Å². The molecule has 0 unspecified atom stereocenters. The van der Waals surface area contributed by atoms with E-state index >= 15 is 0 Å². The first-order valence-electron chi connectivity index (χ1n) is 16.3. The maximum atomic E-state index is 13.6. The summed E-state index contributed by atoms with van der Waals surface area (Å²) in [6.45, 7) is 8.09. The van der Waals surface area contributed by atoms with Crippen LogP contribution >= 0.6 is 0 Å². The number of hydrogen-bond acceptors (Lipinski definition) is 10. The number of aryl methyl sites for hydroxylation is 1. The van der Waals surface area contributed by atoms with Gasteiger partial charge >= 0.3 is 0 Å². The summed E-state index contributed by atoms with van der Waals surface area (Å²) in [5, 5.41) is 17.3. The van der Waals surface area contributed by atoms with Crippen molar-refractivity contribution >= 4 is 23.6 Å². The van der Waals surface area contributed by atoms with Crippen LogP contribution in [-0.2, 0) is 27.3 Å². The second kappa shape index (κ2) is 16.7. The highest BCUT2D eigenvalue weighted by atomic mass is 16.5. The van der Waals surface area contributed by atoms with E-state index in [1.54, 1.807) is 45.1 Å². The number of methoxy groups -OCH3 is 2. The van der Waals surface area contributed by atoms with Crippen LogP contribution < -0.4 is 25.4 Å². The molecule has 3 atom stereocenters. The first-order valence-corrected chi connectivity index (χ1v) is 16.3. The Morgan fingerprint density at radius 3 is 2.50 bits per heavy atom. The largest absolute Gasteiger partial charge is 0.493 e. The van der Waals surface area contributed by atoms with Crippen LogP contribution in [-0.4, -0.2) is 88.3 Å². The second-order valence-electron chi connectivity index (χ2n) is 12.0. The molecule has 0 aliphatic carbocycles. The Hall–Kier alpha value is -4.95. The lowest BCUT2D eigenvalue weighted by Crippen LogP contribution is -2.51. The number of carbonyl (C=O) groups is 4. The number of carbonyl (C=O) groups excluding carboxylic acids is 4. The highest BCUT2D eigenvalue weighted by Gasteiger charge is 2.29. The van der Waals surface area contributed by atoms with E-state index in [0.29, 0.717) is 67.7 Å². The number of aromatic nitrogens is 4. The van der Waals surface area contributed by atoms with Crippen molar-refractivity contribution in [1.82, 2.24) is 40.8 Å². The number of nitrogens with zero attached hydrogens (tertiary/aromatic N) is 5. The number of rotatable bonds is 7. The van der Waals surface area contributed by atoms with Crippen molar-refractivity contribution in [3.63, 3.8) is 0 Å². The smallest absolute Gasteiger partial charge is 0.276 e. The number of benzene rings is 1. The molecule has 3 aromatic rings. The lowest BCUT2D eigenvalue weighted by Gasteiger charge is -2.26. The quantitative estimate of drug-likeness (QED) is 0.338. The number of amides is 4. The van der Waals surface area contributed by atoms with E-state index in [0.717, 1.165) is 5.56 Å². The van der Waals surface area contributed by atoms with Gasteiger partial charge in [-0.1, -0.05) is 31.5 Å². The minimum absolute atomic E-state index is 0.113. The third-order valence-electron chi connectivity index (χ3n) is 8.30. The lowest BCUT2D eigenvalue weighted by molar-refractivity contribution is -0.130. The van der Waals surface area contributed by atoms with Gasteiger partial charge in [-0.3, -0.25) is 19.2 Å². The second-order valence-corrected chi connectivity index (χ2v) is 12.0. The molecule has 1 aliphatic heterocycles. The van der Waals surface area contributed by atoms with Crippen molar-refractivity contribution in [3.8, 4) is 11.5 Å². The van der Waals surface area contributed by atoms with E-state index in [-0.39, 0.29) is 54.8 Å². The Bertz CT molecular complexity index is 1590. The van der Waals surface area contributed by atoms with Crippen LogP contribution in [0.25, 0.3) is 0 Å². The fourth-order valence-corrected chi connectivity index (χ4v) is 5.47. The van der Waals surface area contributed by atoms with Gasteiger partial charge < -0.3 is 34.8 Å². The first kappa shape index (κ1) is 35.9. The summed E-state index contributed by atoms with van der Waals surface area (Å²) in [4.78, 5) is 59.3. The maximum absolute atomic E-state index is 13.6. The minimum Gasteiger partial charge on any atom is -0.493 e. The summed E-state index contributed by atoms with van der Waals surface area (Å²) in [7, 11) is 3.12. The average Bonchev–Trinajstić information content (AvgIpc) is 3.68. The van der Waals surface area contributed by atoms with E-state index in [9.17, 15) is 19.2 Å². The third kappa shape index (κ3) is 9.32. The van der Waals surface area contributed by atoms with Gasteiger partial charge in [-0.2, -0.15) is 5.10 Å². The molecule has 0 fully saturated rings. The third-order valence-corrected chi connectivity index (χ3v) is 8.30. The number of fused-ring (bicyclic) bond motifs is 1. The van der Waals surface area contributed by atoms with Crippen molar-refractivity contribution in [2.24, 2.45) is 5.92 Å². The molecule has 0 saturated carbocycles. The van der Waals surface area contributed by atoms with Gasteiger partial charge in [0, 0.05) is 38.5 Å². The molecule has 3 heterocycles. The predicted molar refractivity (Wildman–Crippen MR) is 174 cm³/mol. The highest BCUT2D eigenvalue weighted by molar-refractivity contribution is 5.92. The summed E-state index contributed by atoms with van der Waals surface area (Å²) in [5.41, 5.74) is 1.04. The van der Waals surface area contributed by atoms with Gasteiger partial charge in [-0.05, 0) is 50.3 Å². The maximum Gasteiger partial charge on any atom is 0.276 e. The summed E-state index contributed by atoms with van der Waals surface area (Å²) in [6, 6.07) is 5.65. The van der Waals surface area contributed by atoms with Crippen molar-refractivity contribution < 1.29 is 33.2 Å². The molecule has 0 spiro atoms. The zero-order valence-corrected chi connectivity index (χ0v) is 28.5. The molecule has 3 N–H and O–H groups in total. The summed E-state index contributed by atoms with van der Waals surface area (Å²) in [6.07, 6.45) is 1.94. The monoisotopic (exact) mass is 666 g/mol. The van der Waals surface area contributed by atoms with Crippen LogP contribution in [0.4, 0.5) is 0 Å². The topological polar surface area (TPSA) is 183 Å². The molecular formula is C33H46N8O7. The van der Waals surface area contributed by atoms with Crippen molar-refractivity contribution in [2.45, 2.75) is 78.4 Å². The lowest BCUT2D eigenvalue weighted by atomic mass is 9.97. The van der Waals surface area contributed by atoms with E-state index in [1.165, 1.54) is 4.68 Å². The zero-order valence-electron chi connectivity index (χ0n) is 28.5. The van der Waals surface area contributed by atoms with Gasteiger partial charge in [0.1, 0.15) is 24.2 Å². The molecule has 15 heteroatoms. The van der Waals surface area contributed by atoms with Gasteiger partial charge in [0.2, 0.25) is 17.7 Å². The SMILES string of the molecule is CC[C@H](C)[C@@H]1NC(=O)CCCN(C(=O)c2cc(C)on2)CCCNC(=O)Cn2nc(Cc3ccc(OC)c(OC)c3)nc2[C@@H](C)NC1=O. The Kier molecular flexibility index (Phi) is 12.5. The molecule has 0 radical (unpaired) electrons. The number of hydrogen-bond donors (Lipinski definition) is 3. The standard InChI is InChI=1S/C33H46N8O7/c1-7-20(2)30-32(44)35-22(4)31-36-27(18-23-11-12-25(46-5)26(17-23)47-6)38-41(31)19-29(43)34-13-9-15-40(14-8-10-28(42)37-30)33(45)24-16-21(3)48-39-24/h11-12,16-17,20,22,30H,7-10,13-15,18-19H2,1-6H3,(H,34,43)(H,35,44)(H,37,42)/t20-,22+,30-/m0/s1. The molecule has 0 bridgehead atoms. The van der Waals surface area contributed by atoms with Crippen LogP contribution in [0.3, 0.4) is 0 Å². The Morgan fingerprint density at radius 2 is 1.81 bits per heavy atom. The summed E-state index contributed by atoms with van der Waals surface area (Å²) in [5.74, 6) is 1.05. The van der Waals surface area contributed by atoms with E-state index < -0.39 is 12.1 Å². The summed E-state index contributed by atoms with van der Waals surface area (Å²) < 4.78 is 17.4. The molecule has 1 aliphatic rings. The van der Waals surface area contributed by atoms with Crippen LogP contribution in [0.1, 0.15) is 86.0 Å². The van der Waals surface area contributed by atoms with Crippen LogP contribution in [0.2, 0.25) is 0 Å². The molecule has 0 saturated heterocycles.